The Kier molecular flexibility index (Phi) is 5.25. The summed E-state index contributed by atoms with van der Waals surface area (Å²) in [5, 5.41) is 5.89. The van der Waals surface area contributed by atoms with Gasteiger partial charge >= 0.3 is 0 Å². The summed E-state index contributed by atoms with van der Waals surface area (Å²) in [6.45, 7) is 0.244. The molecule has 3 rings (SSSR count). The van der Waals surface area contributed by atoms with E-state index >= 15 is 0 Å². The topological polar surface area (TPSA) is 68.5 Å². The van der Waals surface area contributed by atoms with Gasteiger partial charge in [0.1, 0.15) is 5.75 Å². The Morgan fingerprint density at radius 3 is 2.92 bits per heavy atom. The van der Waals surface area contributed by atoms with Gasteiger partial charge in [0, 0.05) is 18.7 Å². The predicted octanol–water partition coefficient (Wildman–Crippen LogP) is 3.48. The summed E-state index contributed by atoms with van der Waals surface area (Å²) < 4.78 is 10.5. The Morgan fingerprint density at radius 1 is 1.32 bits per heavy atom. The van der Waals surface area contributed by atoms with Gasteiger partial charge in [-0.25, -0.2) is 0 Å². The van der Waals surface area contributed by atoms with Crippen LogP contribution in [0.5, 0.6) is 5.75 Å². The zero-order valence-electron chi connectivity index (χ0n) is 13.9. The van der Waals surface area contributed by atoms with E-state index in [0.717, 1.165) is 10.4 Å². The summed E-state index contributed by atoms with van der Waals surface area (Å²) in [5.74, 6) is 1.48. The first kappa shape index (κ1) is 16.9. The number of hydrogen-bond donors (Lipinski definition) is 0. The highest BCUT2D eigenvalue weighted by atomic mass is 32.1. The van der Waals surface area contributed by atoms with Gasteiger partial charge in [-0.15, -0.1) is 11.3 Å². The second-order valence-electron chi connectivity index (χ2n) is 5.26. The molecule has 0 fully saturated rings. The third-order valence-electron chi connectivity index (χ3n) is 3.50. The van der Waals surface area contributed by atoms with E-state index in [4.69, 9.17) is 9.26 Å². The molecular weight excluding hydrogens is 338 g/mol. The number of benzene rings is 1. The molecule has 7 heteroatoms. The van der Waals surface area contributed by atoms with E-state index < -0.39 is 0 Å². The Bertz CT molecular complexity index is 871. The van der Waals surface area contributed by atoms with Gasteiger partial charge in [0.25, 0.3) is 0 Å². The minimum atomic E-state index is -0.165. The largest absolute Gasteiger partial charge is 0.496 e. The molecule has 0 aliphatic rings. The van der Waals surface area contributed by atoms with E-state index in [1.54, 1.807) is 20.2 Å². The van der Waals surface area contributed by atoms with Gasteiger partial charge < -0.3 is 14.2 Å². The van der Waals surface area contributed by atoms with E-state index in [-0.39, 0.29) is 12.5 Å². The normalized spacial score (nSPS) is 11.0. The van der Waals surface area contributed by atoms with Crippen LogP contribution in [0.15, 0.2) is 52.4 Å². The zero-order chi connectivity index (χ0) is 17.6. The first-order valence-electron chi connectivity index (χ1n) is 7.60. The lowest BCUT2D eigenvalue weighted by atomic mass is 10.2. The van der Waals surface area contributed by atoms with Crippen molar-refractivity contribution in [1.82, 2.24) is 15.0 Å². The lowest BCUT2D eigenvalue weighted by molar-refractivity contribution is -0.125. The molecular formula is C18H17N3O3S. The third kappa shape index (κ3) is 4.13. The van der Waals surface area contributed by atoms with Crippen LogP contribution in [-0.2, 0) is 11.3 Å². The van der Waals surface area contributed by atoms with E-state index in [9.17, 15) is 4.79 Å². The quantitative estimate of drug-likeness (QED) is 0.633. The molecule has 0 bridgehead atoms. The number of likely N-dealkylation sites (N-methyl/N-ethyl adjacent to an activating group) is 1. The number of rotatable bonds is 6. The number of hydrogen-bond acceptors (Lipinski definition) is 6. The molecule has 6 nitrogen and oxygen atoms in total. The highest BCUT2D eigenvalue weighted by Crippen LogP contribution is 2.22. The van der Waals surface area contributed by atoms with Crippen molar-refractivity contribution in [3.8, 4) is 16.5 Å². The summed E-state index contributed by atoms with van der Waals surface area (Å²) >= 11 is 1.54. The molecule has 0 aliphatic carbocycles. The smallest absolute Gasteiger partial charge is 0.246 e. The number of carbonyl (C=O) groups is 1. The molecule has 2 aromatic heterocycles. The number of amides is 1. The van der Waals surface area contributed by atoms with E-state index in [1.807, 2.05) is 41.8 Å². The van der Waals surface area contributed by atoms with Crippen molar-refractivity contribution in [2.45, 2.75) is 6.54 Å². The third-order valence-corrected chi connectivity index (χ3v) is 4.37. The Balaban J connectivity index is 1.64. The van der Waals surface area contributed by atoms with E-state index in [2.05, 4.69) is 10.1 Å². The van der Waals surface area contributed by atoms with Gasteiger partial charge in [-0.05, 0) is 23.6 Å². The Morgan fingerprint density at radius 2 is 2.16 bits per heavy atom. The second-order valence-corrected chi connectivity index (χ2v) is 6.21. The van der Waals surface area contributed by atoms with Crippen LogP contribution in [0.4, 0.5) is 0 Å². The van der Waals surface area contributed by atoms with Gasteiger partial charge in [-0.1, -0.05) is 29.4 Å². The lowest BCUT2D eigenvalue weighted by Gasteiger charge is -2.12. The minimum Gasteiger partial charge on any atom is -0.496 e. The molecule has 0 radical (unpaired) electrons. The molecule has 1 aromatic carbocycles. The molecule has 3 aromatic rings. The van der Waals surface area contributed by atoms with Crippen LogP contribution in [0.3, 0.4) is 0 Å². The number of ether oxygens (including phenoxy) is 1. The van der Waals surface area contributed by atoms with Crippen molar-refractivity contribution in [2.24, 2.45) is 0 Å². The van der Waals surface area contributed by atoms with Crippen LogP contribution in [0.2, 0.25) is 0 Å². The summed E-state index contributed by atoms with van der Waals surface area (Å²) in [5.41, 5.74) is 0.838. The second kappa shape index (κ2) is 7.76. The lowest BCUT2D eigenvalue weighted by Crippen LogP contribution is -2.24. The fraction of sp³-hybridized carbons (Fsp3) is 0.167. The highest BCUT2D eigenvalue weighted by Gasteiger charge is 2.13. The standard InChI is InChI=1S/C18H17N3O3S/c1-21(12-16-19-18(20-24-16)15-8-5-11-25-15)17(22)10-9-13-6-3-4-7-14(13)23-2/h3-11H,12H2,1-2H3. The molecule has 2 heterocycles. The van der Waals surface area contributed by atoms with Gasteiger partial charge in [-0.3, -0.25) is 4.79 Å². The molecule has 0 saturated carbocycles. The Labute approximate surface area is 149 Å². The molecule has 0 spiro atoms. The monoisotopic (exact) mass is 355 g/mol. The van der Waals surface area contributed by atoms with Crippen LogP contribution in [-0.4, -0.2) is 35.1 Å². The first-order chi connectivity index (χ1) is 12.2. The molecule has 0 unspecified atom stereocenters. The number of methoxy groups -OCH3 is 1. The molecule has 0 aliphatic heterocycles. The fourth-order valence-electron chi connectivity index (χ4n) is 2.20. The summed E-state index contributed by atoms with van der Waals surface area (Å²) in [7, 11) is 3.28. The number of aromatic nitrogens is 2. The average Bonchev–Trinajstić information content (AvgIpc) is 3.31. The van der Waals surface area contributed by atoms with Crippen LogP contribution in [0.25, 0.3) is 16.8 Å². The highest BCUT2D eigenvalue weighted by molar-refractivity contribution is 7.13. The number of carbonyl (C=O) groups excluding carboxylic acids is 1. The van der Waals surface area contributed by atoms with Gasteiger partial charge in [-0.2, -0.15) is 4.98 Å². The maximum absolute atomic E-state index is 12.3. The van der Waals surface area contributed by atoms with Crippen molar-refractivity contribution in [1.29, 1.82) is 0 Å². The van der Waals surface area contributed by atoms with Crippen LogP contribution >= 0.6 is 11.3 Å². The van der Waals surface area contributed by atoms with E-state index in [1.165, 1.54) is 22.3 Å². The van der Waals surface area contributed by atoms with Crippen molar-refractivity contribution >= 4 is 23.3 Å². The number of nitrogens with zero attached hydrogens (tertiary/aromatic N) is 3. The molecule has 1 amide bonds. The fourth-order valence-corrected chi connectivity index (χ4v) is 2.85. The summed E-state index contributed by atoms with van der Waals surface area (Å²) in [6.07, 6.45) is 3.22. The van der Waals surface area contributed by atoms with Gasteiger partial charge in [0.15, 0.2) is 0 Å². The maximum atomic E-state index is 12.3. The van der Waals surface area contributed by atoms with Crippen molar-refractivity contribution in [3.63, 3.8) is 0 Å². The first-order valence-corrected chi connectivity index (χ1v) is 8.48. The predicted molar refractivity (Wildman–Crippen MR) is 96.1 cm³/mol. The van der Waals surface area contributed by atoms with Crippen molar-refractivity contribution in [2.75, 3.05) is 14.2 Å². The zero-order valence-corrected chi connectivity index (χ0v) is 14.7. The molecule has 0 saturated heterocycles. The SMILES string of the molecule is COc1ccccc1C=CC(=O)N(C)Cc1nc(-c2cccs2)no1. The summed E-state index contributed by atoms with van der Waals surface area (Å²) in [4.78, 5) is 19.0. The average molecular weight is 355 g/mol. The molecule has 0 N–H and O–H groups in total. The summed E-state index contributed by atoms with van der Waals surface area (Å²) in [6, 6.07) is 11.3. The van der Waals surface area contributed by atoms with Gasteiger partial charge in [0.05, 0.1) is 18.5 Å². The van der Waals surface area contributed by atoms with Crippen LogP contribution in [0, 0.1) is 0 Å². The molecule has 128 valence electrons. The van der Waals surface area contributed by atoms with Crippen molar-refractivity contribution in [3.05, 3.63) is 59.3 Å². The minimum absolute atomic E-state index is 0.165. The molecule has 25 heavy (non-hydrogen) atoms. The van der Waals surface area contributed by atoms with E-state index in [0.29, 0.717) is 17.5 Å². The van der Waals surface area contributed by atoms with Crippen LogP contribution < -0.4 is 4.74 Å². The molecule has 0 atom stereocenters. The van der Waals surface area contributed by atoms with Gasteiger partial charge in [0.2, 0.25) is 17.6 Å². The van der Waals surface area contributed by atoms with Crippen molar-refractivity contribution < 1.29 is 14.1 Å². The Hall–Kier alpha value is -2.93. The van der Waals surface area contributed by atoms with Crippen LogP contribution in [0.1, 0.15) is 11.5 Å². The maximum Gasteiger partial charge on any atom is 0.246 e. The number of thiophene rings is 1. The number of para-hydroxylation sites is 1.